The van der Waals surface area contributed by atoms with Crippen molar-refractivity contribution in [3.63, 3.8) is 0 Å². The van der Waals surface area contributed by atoms with Crippen LogP contribution in [0.3, 0.4) is 0 Å². The summed E-state index contributed by atoms with van der Waals surface area (Å²) in [4.78, 5) is 31.8. The third kappa shape index (κ3) is 6.24. The highest BCUT2D eigenvalue weighted by molar-refractivity contribution is 6.36. The molecular formula is C33H36ClF3N6O3. The number of pyridine rings is 1. The molecule has 2 aliphatic rings. The molecule has 2 saturated heterocycles. The maximum absolute atomic E-state index is 16.6. The molecule has 0 N–H and O–H groups in total. The van der Waals surface area contributed by atoms with Crippen LogP contribution in [0.15, 0.2) is 36.5 Å². The van der Waals surface area contributed by atoms with Crippen LogP contribution in [0.4, 0.5) is 23.8 Å². The lowest BCUT2D eigenvalue weighted by Crippen LogP contribution is -2.57. The molecule has 46 heavy (non-hydrogen) atoms. The molecule has 2 aromatic carbocycles. The average molecular weight is 657 g/mol. The Morgan fingerprint density at radius 3 is 2.61 bits per heavy atom. The zero-order valence-corrected chi connectivity index (χ0v) is 27.0. The van der Waals surface area contributed by atoms with E-state index in [0.29, 0.717) is 28.8 Å². The largest absolute Gasteiger partial charge is 0.462 e. The van der Waals surface area contributed by atoms with E-state index in [2.05, 4.69) is 19.9 Å². The highest BCUT2D eigenvalue weighted by Crippen LogP contribution is 2.38. The number of carbonyl (C=O) groups excluding carboxylic acids is 1. The molecule has 244 valence electrons. The van der Waals surface area contributed by atoms with Gasteiger partial charge >= 0.3 is 12.1 Å². The summed E-state index contributed by atoms with van der Waals surface area (Å²) in [6.07, 6.45) is 2.84. The van der Waals surface area contributed by atoms with Gasteiger partial charge in [-0.3, -0.25) is 9.88 Å². The van der Waals surface area contributed by atoms with Crippen LogP contribution >= 0.6 is 11.6 Å². The number of alkyl halides is 1. The molecule has 2 fully saturated rings. The minimum atomic E-state index is -0.824. The fourth-order valence-electron chi connectivity index (χ4n) is 6.12. The van der Waals surface area contributed by atoms with E-state index in [0.717, 1.165) is 19.4 Å². The van der Waals surface area contributed by atoms with Crippen LogP contribution in [0, 0.1) is 11.6 Å². The Hall–Kier alpha value is -3.90. The van der Waals surface area contributed by atoms with Gasteiger partial charge in [-0.2, -0.15) is 9.97 Å². The number of fused-ring (bicyclic) bond motifs is 2. The SMILES string of the molecule is CN1CCC[C@H]1COc1nc(N2CCN(C(=O)OC(C)(C)C)C(CF)C2)c2cnc(-c3cccc4ccc(F)c(Cl)c34)c(F)c2n1. The second-order valence-corrected chi connectivity index (χ2v) is 13.2. The maximum Gasteiger partial charge on any atom is 0.410 e. The minimum Gasteiger partial charge on any atom is -0.462 e. The number of hydrogen-bond acceptors (Lipinski definition) is 8. The van der Waals surface area contributed by atoms with E-state index in [1.165, 1.54) is 17.2 Å². The molecule has 6 rings (SSSR count). The lowest BCUT2D eigenvalue weighted by atomic mass is 10.0. The first-order chi connectivity index (χ1) is 21.9. The molecule has 0 saturated carbocycles. The van der Waals surface area contributed by atoms with E-state index in [-0.39, 0.29) is 53.3 Å². The van der Waals surface area contributed by atoms with Crippen molar-refractivity contribution in [1.29, 1.82) is 0 Å². The van der Waals surface area contributed by atoms with E-state index in [9.17, 15) is 13.6 Å². The molecule has 0 spiro atoms. The van der Waals surface area contributed by atoms with Crippen molar-refractivity contribution in [2.24, 2.45) is 0 Å². The molecule has 1 amide bonds. The Morgan fingerprint density at radius 2 is 1.89 bits per heavy atom. The van der Waals surface area contributed by atoms with Crippen LogP contribution in [0.2, 0.25) is 5.02 Å². The molecule has 0 radical (unpaired) electrons. The molecule has 0 aliphatic carbocycles. The van der Waals surface area contributed by atoms with Crippen molar-refractivity contribution < 1.29 is 27.4 Å². The lowest BCUT2D eigenvalue weighted by molar-refractivity contribution is 0.0113. The van der Waals surface area contributed by atoms with Crippen molar-refractivity contribution in [1.82, 2.24) is 24.8 Å². The predicted molar refractivity (Wildman–Crippen MR) is 171 cm³/mol. The third-order valence-corrected chi connectivity index (χ3v) is 8.87. The van der Waals surface area contributed by atoms with Gasteiger partial charge in [0.2, 0.25) is 0 Å². The molecular weight excluding hydrogens is 621 g/mol. The van der Waals surface area contributed by atoms with E-state index in [4.69, 9.17) is 21.1 Å². The van der Waals surface area contributed by atoms with Crippen molar-refractivity contribution in [2.45, 2.75) is 51.3 Å². The molecule has 4 heterocycles. The fourth-order valence-corrected chi connectivity index (χ4v) is 6.40. The van der Waals surface area contributed by atoms with Gasteiger partial charge in [0.25, 0.3) is 0 Å². The number of anilines is 1. The lowest BCUT2D eigenvalue weighted by Gasteiger charge is -2.41. The molecule has 13 heteroatoms. The molecule has 2 atom stereocenters. The maximum atomic E-state index is 16.6. The topological polar surface area (TPSA) is 83.9 Å². The Balaban J connectivity index is 1.42. The molecule has 4 aromatic rings. The normalized spacial score (nSPS) is 19.3. The van der Waals surface area contributed by atoms with Gasteiger partial charge in [-0.25, -0.2) is 18.0 Å². The van der Waals surface area contributed by atoms with E-state index < -0.39 is 36.0 Å². The first-order valence-electron chi connectivity index (χ1n) is 15.3. The van der Waals surface area contributed by atoms with Gasteiger partial charge in [0.15, 0.2) is 5.82 Å². The monoisotopic (exact) mass is 656 g/mol. The van der Waals surface area contributed by atoms with Crippen LogP contribution in [0.25, 0.3) is 32.9 Å². The Bertz CT molecular complexity index is 1790. The molecule has 0 bridgehead atoms. The number of nitrogens with zero attached hydrogens (tertiary/aromatic N) is 6. The summed E-state index contributed by atoms with van der Waals surface area (Å²) in [5.74, 6) is -1.08. The van der Waals surface area contributed by atoms with Crippen LogP contribution in [0.5, 0.6) is 6.01 Å². The summed E-state index contributed by atoms with van der Waals surface area (Å²) < 4.78 is 57.1. The number of amides is 1. The van der Waals surface area contributed by atoms with Crippen molar-refractivity contribution >= 4 is 45.2 Å². The van der Waals surface area contributed by atoms with E-state index in [1.807, 2.05) is 7.05 Å². The highest BCUT2D eigenvalue weighted by Gasteiger charge is 2.35. The van der Waals surface area contributed by atoms with Crippen molar-refractivity contribution in [3.05, 3.63) is 53.2 Å². The smallest absolute Gasteiger partial charge is 0.410 e. The predicted octanol–water partition coefficient (Wildman–Crippen LogP) is 6.64. The summed E-state index contributed by atoms with van der Waals surface area (Å²) in [5.41, 5.74) is -0.549. The molecule has 1 unspecified atom stereocenters. The van der Waals surface area contributed by atoms with Crippen molar-refractivity contribution in [3.8, 4) is 17.3 Å². The van der Waals surface area contributed by atoms with Crippen LogP contribution < -0.4 is 9.64 Å². The number of benzene rings is 2. The quantitative estimate of drug-likeness (QED) is 0.228. The summed E-state index contributed by atoms with van der Waals surface area (Å²) >= 11 is 6.37. The number of rotatable bonds is 6. The summed E-state index contributed by atoms with van der Waals surface area (Å²) in [6.45, 7) is 6.20. The average Bonchev–Trinajstić information content (AvgIpc) is 3.44. The number of likely N-dealkylation sites (N-methyl/N-ethyl adjacent to an activating group) is 1. The number of hydrogen-bond donors (Lipinski definition) is 0. The number of ether oxygens (including phenoxy) is 2. The van der Waals surface area contributed by atoms with Gasteiger partial charge in [-0.15, -0.1) is 0 Å². The van der Waals surface area contributed by atoms with Gasteiger partial charge in [0.1, 0.15) is 41.7 Å². The third-order valence-electron chi connectivity index (χ3n) is 8.50. The molecule has 9 nitrogen and oxygen atoms in total. The summed E-state index contributed by atoms with van der Waals surface area (Å²) in [7, 11) is 2.02. The van der Waals surface area contributed by atoms with Crippen LogP contribution in [0.1, 0.15) is 33.6 Å². The Morgan fingerprint density at radius 1 is 1.09 bits per heavy atom. The Labute approximate surface area is 270 Å². The zero-order chi connectivity index (χ0) is 32.7. The Kier molecular flexibility index (Phi) is 8.86. The number of halogens is 4. The molecule has 2 aromatic heterocycles. The van der Waals surface area contributed by atoms with E-state index >= 15 is 4.39 Å². The number of piperazine rings is 1. The van der Waals surface area contributed by atoms with Crippen LogP contribution in [-0.4, -0.2) is 95.0 Å². The van der Waals surface area contributed by atoms with E-state index in [1.54, 1.807) is 49.9 Å². The van der Waals surface area contributed by atoms with Crippen LogP contribution in [-0.2, 0) is 4.74 Å². The standard InChI is InChI=1S/C33H36ClF3N6O3/c1-33(2,3)46-32(44)43-14-13-42(17-21(43)15-35)30-23-16-38-28(22-9-5-7-19-10-11-24(36)26(34)25(19)22)27(37)29(23)39-31(40-30)45-18-20-8-6-12-41(20)4/h5,7,9-11,16,20-21H,6,8,12-15,17-18H2,1-4H3/t20-,21?/m0/s1. The summed E-state index contributed by atoms with van der Waals surface area (Å²) in [5, 5.41) is 1.10. The van der Waals surface area contributed by atoms with Crippen molar-refractivity contribution in [2.75, 3.05) is 51.4 Å². The second-order valence-electron chi connectivity index (χ2n) is 12.8. The molecule has 2 aliphatic heterocycles. The van der Waals surface area contributed by atoms with Gasteiger partial charge in [0.05, 0.1) is 16.5 Å². The van der Waals surface area contributed by atoms with Gasteiger partial charge in [-0.05, 0) is 58.7 Å². The number of carbonyl (C=O) groups is 1. The first-order valence-corrected chi connectivity index (χ1v) is 15.7. The highest BCUT2D eigenvalue weighted by atomic mass is 35.5. The van der Waals surface area contributed by atoms with Gasteiger partial charge in [0, 0.05) is 42.8 Å². The number of likely N-dealkylation sites (tertiary alicyclic amines) is 1. The first kappa shape index (κ1) is 32.1. The fraction of sp³-hybridized carbons (Fsp3) is 0.455. The van der Waals surface area contributed by atoms with Gasteiger partial charge < -0.3 is 19.3 Å². The minimum absolute atomic E-state index is 0.0350. The van der Waals surface area contributed by atoms with Gasteiger partial charge in [-0.1, -0.05) is 35.9 Å². The second kappa shape index (κ2) is 12.7. The zero-order valence-electron chi connectivity index (χ0n) is 26.2. The number of aromatic nitrogens is 3. The summed E-state index contributed by atoms with van der Waals surface area (Å²) in [6, 6.07) is 7.23.